The number of carbonyl (C=O) groups excluding carboxylic acids is 2. The molecular formula is C28H42N2O4. The van der Waals surface area contributed by atoms with E-state index in [9.17, 15) is 14.7 Å². The number of allylic oxidation sites excluding steroid dienone is 2. The lowest BCUT2D eigenvalue weighted by atomic mass is 9.70. The average molecular weight is 471 g/mol. The molecule has 0 saturated heterocycles. The van der Waals surface area contributed by atoms with Crippen molar-refractivity contribution in [1.29, 1.82) is 0 Å². The monoisotopic (exact) mass is 470 g/mol. The summed E-state index contributed by atoms with van der Waals surface area (Å²) in [5.41, 5.74) is 0.317. The van der Waals surface area contributed by atoms with Gasteiger partial charge in [-0.15, -0.1) is 0 Å². The van der Waals surface area contributed by atoms with Crippen LogP contribution in [0, 0.1) is 23.7 Å². The molecule has 3 rings (SSSR count). The molecule has 0 aromatic heterocycles. The number of benzene rings is 1. The van der Waals surface area contributed by atoms with E-state index in [1.807, 2.05) is 37.3 Å². The van der Waals surface area contributed by atoms with Gasteiger partial charge in [0.1, 0.15) is 17.9 Å². The van der Waals surface area contributed by atoms with Crippen LogP contribution in [0.2, 0.25) is 0 Å². The number of esters is 1. The Morgan fingerprint density at radius 2 is 1.94 bits per heavy atom. The number of hydrogen-bond donors (Lipinski definition) is 2. The summed E-state index contributed by atoms with van der Waals surface area (Å²) in [6, 6.07) is 9.54. The lowest BCUT2D eigenvalue weighted by molar-refractivity contribution is -0.159. The number of carbonyl (C=O) groups is 2. The molecule has 34 heavy (non-hydrogen) atoms. The highest BCUT2D eigenvalue weighted by molar-refractivity contribution is 5.84. The second-order valence-corrected chi connectivity index (χ2v) is 11.2. The molecule has 1 aromatic carbocycles. The molecule has 6 heteroatoms. The third-order valence-electron chi connectivity index (χ3n) is 8.38. The van der Waals surface area contributed by atoms with Crippen molar-refractivity contribution >= 4 is 11.8 Å². The fourth-order valence-electron chi connectivity index (χ4n) is 5.53. The summed E-state index contributed by atoms with van der Waals surface area (Å²) in [6.45, 7) is 10.1. The largest absolute Gasteiger partial charge is 0.459 e. The van der Waals surface area contributed by atoms with Crippen LogP contribution in [0.15, 0.2) is 42.0 Å². The standard InChI is InChI=1S/C28H42N2O4/c1-19-10-9-15-28(5,33)20(2)23-16-25(31)24(22(23)14-13-19)17-30(29)27(3,4)26(32)34-18-21-11-7-6-8-12-21/h6-8,10-12,20,22-24,33H,9,13-18,29H2,1-5H3/b19-10+/t20-,22+,23+,24-,28+/m0/s1. The number of rotatable bonds is 6. The van der Waals surface area contributed by atoms with Gasteiger partial charge in [0, 0.05) is 18.9 Å². The molecule has 0 radical (unpaired) electrons. The summed E-state index contributed by atoms with van der Waals surface area (Å²) in [4.78, 5) is 26.1. The average Bonchev–Trinajstić information content (AvgIpc) is 3.10. The van der Waals surface area contributed by atoms with Crippen LogP contribution in [0.3, 0.4) is 0 Å². The highest BCUT2D eigenvalue weighted by atomic mass is 16.5. The van der Waals surface area contributed by atoms with Gasteiger partial charge >= 0.3 is 5.97 Å². The summed E-state index contributed by atoms with van der Waals surface area (Å²) in [5.74, 6) is 6.19. The predicted octanol–water partition coefficient (Wildman–Crippen LogP) is 4.41. The zero-order valence-electron chi connectivity index (χ0n) is 21.4. The topological polar surface area (TPSA) is 92.9 Å². The van der Waals surface area contributed by atoms with Gasteiger partial charge in [-0.05, 0) is 76.7 Å². The first-order valence-electron chi connectivity index (χ1n) is 12.6. The number of aliphatic hydroxyl groups is 1. The minimum atomic E-state index is -1.07. The Morgan fingerprint density at radius 3 is 2.62 bits per heavy atom. The van der Waals surface area contributed by atoms with E-state index < -0.39 is 17.1 Å². The van der Waals surface area contributed by atoms with Crippen LogP contribution in [0.25, 0.3) is 0 Å². The van der Waals surface area contributed by atoms with Crippen LogP contribution < -0.4 is 5.84 Å². The van der Waals surface area contributed by atoms with E-state index in [-0.39, 0.29) is 36.1 Å². The normalized spacial score (nSPS) is 32.1. The smallest absolute Gasteiger partial charge is 0.327 e. The van der Waals surface area contributed by atoms with E-state index in [0.717, 1.165) is 24.8 Å². The Labute approximate surface area is 204 Å². The number of Topliss-reactive ketones (excluding diaryl/α,β-unsaturated/α-hetero) is 1. The van der Waals surface area contributed by atoms with Crippen molar-refractivity contribution in [3.8, 4) is 0 Å². The number of fused-ring (bicyclic) bond motifs is 1. The number of hydrogen-bond acceptors (Lipinski definition) is 6. The first kappa shape index (κ1) is 26.6. The molecule has 2 aliphatic carbocycles. The molecule has 0 heterocycles. The Hall–Kier alpha value is -2.02. The second kappa shape index (κ2) is 10.7. The number of nitrogens with two attached hydrogens (primary N) is 1. The highest BCUT2D eigenvalue weighted by Gasteiger charge is 2.49. The van der Waals surface area contributed by atoms with Gasteiger partial charge in [-0.2, -0.15) is 0 Å². The zero-order valence-corrected chi connectivity index (χ0v) is 21.4. The molecule has 188 valence electrons. The summed E-state index contributed by atoms with van der Waals surface area (Å²) < 4.78 is 5.55. The van der Waals surface area contributed by atoms with Crippen molar-refractivity contribution in [3.63, 3.8) is 0 Å². The van der Waals surface area contributed by atoms with Gasteiger partial charge in [-0.1, -0.05) is 48.9 Å². The van der Waals surface area contributed by atoms with Crippen molar-refractivity contribution in [3.05, 3.63) is 47.5 Å². The molecule has 0 spiro atoms. The van der Waals surface area contributed by atoms with Gasteiger partial charge in [0.25, 0.3) is 0 Å². The van der Waals surface area contributed by atoms with Crippen molar-refractivity contribution in [2.45, 2.75) is 84.5 Å². The lowest BCUT2D eigenvalue weighted by Gasteiger charge is -2.39. The second-order valence-electron chi connectivity index (χ2n) is 11.2. The maximum Gasteiger partial charge on any atom is 0.327 e. The van der Waals surface area contributed by atoms with Crippen molar-refractivity contribution in [2.24, 2.45) is 29.5 Å². The zero-order chi connectivity index (χ0) is 25.1. The molecule has 0 aliphatic heterocycles. The lowest BCUT2D eigenvalue weighted by Crippen LogP contribution is -2.57. The SMILES string of the molecule is C/C1=C\CC[C@@](C)(O)[C@@H](C)[C@H]2CC(=O)[C@@H](CN(N)C(C)(C)C(=O)OCc3ccccc3)[C@@H]2CC1. The van der Waals surface area contributed by atoms with Gasteiger partial charge in [0.05, 0.1) is 5.60 Å². The van der Waals surface area contributed by atoms with E-state index >= 15 is 0 Å². The molecule has 1 fully saturated rings. The third kappa shape index (κ3) is 5.96. The molecule has 0 bridgehead atoms. The molecule has 3 N–H and O–H groups in total. The molecule has 1 saturated carbocycles. The first-order valence-corrected chi connectivity index (χ1v) is 12.6. The van der Waals surface area contributed by atoms with Crippen LogP contribution in [-0.4, -0.2) is 39.6 Å². The van der Waals surface area contributed by atoms with Crippen molar-refractivity contribution < 1.29 is 19.4 Å². The summed E-state index contributed by atoms with van der Waals surface area (Å²) in [5, 5.41) is 12.7. The summed E-state index contributed by atoms with van der Waals surface area (Å²) in [6.07, 6.45) is 6.05. The highest BCUT2D eigenvalue weighted by Crippen LogP contribution is 2.47. The minimum absolute atomic E-state index is 0.00771. The molecule has 6 nitrogen and oxygen atoms in total. The Bertz CT molecular complexity index is 893. The maximum atomic E-state index is 13.2. The van der Waals surface area contributed by atoms with Crippen LogP contribution in [0.4, 0.5) is 0 Å². The van der Waals surface area contributed by atoms with Crippen LogP contribution in [0.1, 0.15) is 72.3 Å². The predicted molar refractivity (Wildman–Crippen MR) is 133 cm³/mol. The molecule has 1 aromatic rings. The maximum absolute atomic E-state index is 13.2. The fourth-order valence-corrected chi connectivity index (χ4v) is 5.53. The number of ketones is 1. The van der Waals surface area contributed by atoms with E-state index in [1.54, 1.807) is 13.8 Å². The molecule has 0 unspecified atom stereocenters. The third-order valence-corrected chi connectivity index (χ3v) is 8.38. The quantitative estimate of drug-likeness (QED) is 0.277. The number of ether oxygens (including phenoxy) is 1. The van der Waals surface area contributed by atoms with Gasteiger partial charge in [0.2, 0.25) is 0 Å². The summed E-state index contributed by atoms with van der Waals surface area (Å²) >= 11 is 0. The Kier molecular flexibility index (Phi) is 8.38. The van der Waals surface area contributed by atoms with Gasteiger partial charge in [-0.25, -0.2) is 9.80 Å². The van der Waals surface area contributed by atoms with E-state index in [0.29, 0.717) is 19.4 Å². The van der Waals surface area contributed by atoms with Gasteiger partial charge < -0.3 is 9.84 Å². The fraction of sp³-hybridized carbons (Fsp3) is 0.643. The molecule has 0 amide bonds. The van der Waals surface area contributed by atoms with E-state index in [1.165, 1.54) is 10.6 Å². The Morgan fingerprint density at radius 1 is 1.26 bits per heavy atom. The Balaban J connectivity index is 1.73. The van der Waals surface area contributed by atoms with E-state index in [2.05, 4.69) is 19.9 Å². The minimum Gasteiger partial charge on any atom is -0.459 e. The van der Waals surface area contributed by atoms with Crippen molar-refractivity contribution in [2.75, 3.05) is 6.54 Å². The van der Waals surface area contributed by atoms with Gasteiger partial charge in [0.15, 0.2) is 0 Å². The molecule has 5 atom stereocenters. The molecular weight excluding hydrogens is 428 g/mol. The van der Waals surface area contributed by atoms with E-state index in [4.69, 9.17) is 10.6 Å². The van der Waals surface area contributed by atoms with Gasteiger partial charge in [-0.3, -0.25) is 10.6 Å². The first-order chi connectivity index (χ1) is 15.9. The number of nitrogens with zero attached hydrogens (tertiary/aromatic N) is 1. The van der Waals surface area contributed by atoms with Crippen LogP contribution in [-0.2, 0) is 20.9 Å². The molecule has 2 aliphatic rings. The number of hydrazine groups is 1. The van der Waals surface area contributed by atoms with Crippen LogP contribution >= 0.6 is 0 Å². The van der Waals surface area contributed by atoms with Crippen LogP contribution in [0.5, 0.6) is 0 Å². The summed E-state index contributed by atoms with van der Waals surface area (Å²) in [7, 11) is 0. The van der Waals surface area contributed by atoms with Crippen molar-refractivity contribution in [1.82, 2.24) is 5.01 Å².